The van der Waals surface area contributed by atoms with Crippen LogP contribution < -0.4 is 5.32 Å². The van der Waals surface area contributed by atoms with Crippen LogP contribution in [0.4, 0.5) is 5.69 Å². The molecule has 1 unspecified atom stereocenters. The van der Waals surface area contributed by atoms with Crippen LogP contribution in [0.5, 0.6) is 0 Å². The summed E-state index contributed by atoms with van der Waals surface area (Å²) in [4.78, 5) is 24.1. The Bertz CT molecular complexity index is 698. The van der Waals surface area contributed by atoms with Gasteiger partial charge in [-0.05, 0) is 26.0 Å². The van der Waals surface area contributed by atoms with Gasteiger partial charge in [0, 0.05) is 12.7 Å². The topological polar surface area (TPSA) is 73.2 Å². The Morgan fingerprint density at radius 3 is 2.50 bits per heavy atom. The zero-order valence-corrected chi connectivity index (χ0v) is 13.2. The summed E-state index contributed by atoms with van der Waals surface area (Å²) >= 11 is 6.00. The summed E-state index contributed by atoms with van der Waals surface area (Å²) in [7, 11) is 1.62. The molecule has 1 N–H and O–H groups in total. The Labute approximate surface area is 133 Å². The van der Waals surface area contributed by atoms with E-state index in [0.717, 1.165) is 0 Å². The van der Waals surface area contributed by atoms with E-state index in [9.17, 15) is 9.59 Å². The molecule has 0 aliphatic rings. The van der Waals surface area contributed by atoms with Gasteiger partial charge in [0.15, 0.2) is 6.10 Å². The van der Waals surface area contributed by atoms with Gasteiger partial charge in [0.1, 0.15) is 10.7 Å². The molecule has 6 nitrogen and oxygen atoms in total. The number of aryl methyl sites for hydroxylation is 2. The van der Waals surface area contributed by atoms with Crippen LogP contribution in [0, 0.1) is 6.92 Å². The number of carbonyl (C=O) groups is 2. The zero-order chi connectivity index (χ0) is 16.3. The van der Waals surface area contributed by atoms with Crippen molar-refractivity contribution < 1.29 is 14.3 Å². The molecule has 1 heterocycles. The number of benzene rings is 1. The van der Waals surface area contributed by atoms with Crippen molar-refractivity contribution in [3.63, 3.8) is 0 Å². The van der Waals surface area contributed by atoms with Gasteiger partial charge in [-0.25, -0.2) is 4.79 Å². The van der Waals surface area contributed by atoms with E-state index in [2.05, 4.69) is 10.4 Å². The molecule has 116 valence electrons. The number of rotatable bonds is 4. The molecule has 1 atom stereocenters. The number of aromatic nitrogens is 2. The smallest absolute Gasteiger partial charge is 0.343 e. The Morgan fingerprint density at radius 1 is 1.32 bits per heavy atom. The second kappa shape index (κ2) is 6.62. The molecule has 22 heavy (non-hydrogen) atoms. The molecule has 0 aliphatic carbocycles. The van der Waals surface area contributed by atoms with E-state index in [-0.39, 0.29) is 10.7 Å². The van der Waals surface area contributed by atoms with Crippen LogP contribution in [0.2, 0.25) is 5.15 Å². The average molecular weight is 322 g/mol. The van der Waals surface area contributed by atoms with Gasteiger partial charge >= 0.3 is 5.97 Å². The van der Waals surface area contributed by atoms with Crippen molar-refractivity contribution in [1.82, 2.24) is 9.78 Å². The maximum atomic E-state index is 12.1. The largest absolute Gasteiger partial charge is 0.449 e. The number of ether oxygens (including phenoxy) is 1. The first-order valence-corrected chi connectivity index (χ1v) is 7.04. The van der Waals surface area contributed by atoms with E-state index in [4.69, 9.17) is 16.3 Å². The van der Waals surface area contributed by atoms with Gasteiger partial charge in [0.25, 0.3) is 5.91 Å². The Balaban J connectivity index is 2.03. The number of hydrogen-bond donors (Lipinski definition) is 1. The average Bonchev–Trinajstić information content (AvgIpc) is 2.73. The molecular weight excluding hydrogens is 306 g/mol. The molecule has 1 amide bonds. The highest BCUT2D eigenvalue weighted by Crippen LogP contribution is 2.20. The summed E-state index contributed by atoms with van der Waals surface area (Å²) < 4.78 is 6.53. The van der Waals surface area contributed by atoms with Crippen molar-refractivity contribution in [3.05, 3.63) is 46.7 Å². The fourth-order valence-electron chi connectivity index (χ4n) is 1.90. The second-order valence-electron chi connectivity index (χ2n) is 4.78. The van der Waals surface area contributed by atoms with Crippen molar-refractivity contribution in [1.29, 1.82) is 0 Å². The lowest BCUT2D eigenvalue weighted by Crippen LogP contribution is -2.30. The normalized spacial score (nSPS) is 11.8. The molecule has 0 fully saturated rings. The lowest BCUT2D eigenvalue weighted by Gasteiger charge is -2.13. The number of para-hydroxylation sites is 1. The van der Waals surface area contributed by atoms with Crippen molar-refractivity contribution >= 4 is 29.2 Å². The van der Waals surface area contributed by atoms with Crippen LogP contribution in [0.3, 0.4) is 0 Å². The number of esters is 1. The molecule has 7 heteroatoms. The summed E-state index contributed by atoms with van der Waals surface area (Å²) in [6, 6.07) is 8.92. The van der Waals surface area contributed by atoms with Crippen LogP contribution >= 0.6 is 11.6 Å². The molecule has 0 saturated heterocycles. The highest BCUT2D eigenvalue weighted by Gasteiger charge is 2.24. The van der Waals surface area contributed by atoms with Gasteiger partial charge in [0.05, 0.1) is 5.69 Å². The predicted octanol–water partition coefficient (Wildman–Crippen LogP) is 2.57. The molecule has 0 bridgehead atoms. The first-order valence-electron chi connectivity index (χ1n) is 6.66. The van der Waals surface area contributed by atoms with Crippen LogP contribution in [0.15, 0.2) is 30.3 Å². The van der Waals surface area contributed by atoms with Crippen LogP contribution in [-0.4, -0.2) is 27.8 Å². The minimum absolute atomic E-state index is 0.170. The van der Waals surface area contributed by atoms with Crippen molar-refractivity contribution in [3.8, 4) is 0 Å². The summed E-state index contributed by atoms with van der Waals surface area (Å²) in [6.07, 6.45) is -0.955. The molecule has 0 spiro atoms. The molecule has 0 radical (unpaired) electrons. The van der Waals surface area contributed by atoms with E-state index in [1.807, 2.05) is 6.07 Å². The standard InChI is InChI=1S/C15H16ClN3O3/c1-9-12(13(16)19(3)18-9)15(21)22-10(2)14(20)17-11-7-5-4-6-8-11/h4-8,10H,1-3H3,(H,17,20). The van der Waals surface area contributed by atoms with Gasteiger partial charge in [-0.15, -0.1) is 0 Å². The highest BCUT2D eigenvalue weighted by molar-refractivity contribution is 6.32. The summed E-state index contributed by atoms with van der Waals surface area (Å²) in [5.74, 6) is -1.09. The van der Waals surface area contributed by atoms with E-state index in [1.165, 1.54) is 11.6 Å². The fourth-order valence-corrected chi connectivity index (χ4v) is 2.15. The predicted molar refractivity (Wildman–Crippen MR) is 82.9 cm³/mol. The minimum Gasteiger partial charge on any atom is -0.449 e. The van der Waals surface area contributed by atoms with Crippen LogP contribution in [-0.2, 0) is 16.6 Å². The van der Waals surface area contributed by atoms with Gasteiger partial charge in [-0.2, -0.15) is 5.10 Å². The van der Waals surface area contributed by atoms with Crippen molar-refractivity contribution in [2.45, 2.75) is 20.0 Å². The van der Waals surface area contributed by atoms with Gasteiger partial charge in [0.2, 0.25) is 0 Å². The fraction of sp³-hybridized carbons (Fsp3) is 0.267. The first kappa shape index (κ1) is 16.0. The second-order valence-corrected chi connectivity index (χ2v) is 5.14. The third kappa shape index (κ3) is 3.46. The number of amides is 1. The molecule has 2 aromatic rings. The third-order valence-electron chi connectivity index (χ3n) is 3.05. The number of halogens is 1. The highest BCUT2D eigenvalue weighted by atomic mass is 35.5. The maximum absolute atomic E-state index is 12.1. The minimum atomic E-state index is -0.955. The number of carbonyl (C=O) groups excluding carboxylic acids is 2. The number of hydrogen-bond acceptors (Lipinski definition) is 4. The first-order chi connectivity index (χ1) is 10.4. The summed E-state index contributed by atoms with van der Waals surface area (Å²) in [5, 5.41) is 6.88. The number of nitrogens with one attached hydrogen (secondary N) is 1. The van der Waals surface area contributed by atoms with E-state index in [0.29, 0.717) is 11.4 Å². The number of anilines is 1. The van der Waals surface area contributed by atoms with Gasteiger partial charge < -0.3 is 10.1 Å². The summed E-state index contributed by atoms with van der Waals surface area (Å²) in [5.41, 5.74) is 1.25. The monoisotopic (exact) mass is 321 g/mol. The van der Waals surface area contributed by atoms with Crippen molar-refractivity contribution in [2.24, 2.45) is 7.05 Å². The quantitative estimate of drug-likeness (QED) is 0.878. The third-order valence-corrected chi connectivity index (χ3v) is 3.48. The summed E-state index contributed by atoms with van der Waals surface area (Å²) in [6.45, 7) is 3.15. The molecule has 0 saturated carbocycles. The van der Waals surface area contributed by atoms with Crippen molar-refractivity contribution in [2.75, 3.05) is 5.32 Å². The van der Waals surface area contributed by atoms with E-state index < -0.39 is 18.0 Å². The SMILES string of the molecule is Cc1nn(C)c(Cl)c1C(=O)OC(C)C(=O)Nc1ccccc1. The lowest BCUT2D eigenvalue weighted by atomic mass is 10.2. The van der Waals surface area contributed by atoms with E-state index >= 15 is 0 Å². The van der Waals surface area contributed by atoms with Gasteiger partial charge in [-0.3, -0.25) is 9.48 Å². The van der Waals surface area contributed by atoms with Gasteiger partial charge in [-0.1, -0.05) is 29.8 Å². The Morgan fingerprint density at radius 2 is 1.95 bits per heavy atom. The lowest BCUT2D eigenvalue weighted by molar-refractivity contribution is -0.123. The molecule has 2 rings (SSSR count). The Kier molecular flexibility index (Phi) is 4.82. The Hall–Kier alpha value is -2.34. The molecule has 1 aromatic heterocycles. The molecular formula is C15H16ClN3O3. The molecule has 1 aromatic carbocycles. The molecule has 0 aliphatic heterocycles. The number of nitrogens with zero attached hydrogens (tertiary/aromatic N) is 2. The van der Waals surface area contributed by atoms with E-state index in [1.54, 1.807) is 38.2 Å². The van der Waals surface area contributed by atoms with Crippen LogP contribution in [0.1, 0.15) is 23.0 Å². The van der Waals surface area contributed by atoms with Crippen LogP contribution in [0.25, 0.3) is 0 Å². The zero-order valence-electron chi connectivity index (χ0n) is 12.5. The maximum Gasteiger partial charge on any atom is 0.343 e.